The minimum Gasteiger partial charge on any atom is -0.311 e. The minimum absolute atomic E-state index is 0.00465. The highest BCUT2D eigenvalue weighted by molar-refractivity contribution is 7.33. The van der Waals surface area contributed by atoms with E-state index in [1.807, 2.05) is 0 Å². The average Bonchev–Trinajstić information content (AvgIpc) is 3.97. The highest BCUT2D eigenvalue weighted by Gasteiger charge is 2.54. The molecule has 0 radical (unpaired) electrons. The van der Waals surface area contributed by atoms with Gasteiger partial charge in [-0.25, -0.2) is 0 Å². The Morgan fingerprint density at radius 3 is 1.73 bits per heavy atom. The number of hydrogen-bond acceptors (Lipinski definition) is 4. The van der Waals surface area contributed by atoms with Crippen molar-refractivity contribution in [1.82, 2.24) is 0 Å². The van der Waals surface area contributed by atoms with Crippen molar-refractivity contribution in [3.63, 3.8) is 0 Å². The zero-order valence-electron chi connectivity index (χ0n) is 49.0. The second-order valence-corrected chi connectivity index (χ2v) is 29.4. The Balaban J connectivity index is 1.17. The lowest BCUT2D eigenvalue weighted by molar-refractivity contribution is 0.332. The van der Waals surface area contributed by atoms with Crippen molar-refractivity contribution in [1.29, 1.82) is 0 Å². The molecule has 3 heterocycles. The second kappa shape index (κ2) is 17.1. The van der Waals surface area contributed by atoms with Crippen molar-refractivity contribution in [2.45, 2.75) is 155 Å². The van der Waals surface area contributed by atoms with Crippen molar-refractivity contribution >= 4 is 95.0 Å². The maximum atomic E-state index is 2.73. The molecule has 1 saturated carbocycles. The Hall–Kier alpha value is -6.82. The fourth-order valence-corrected chi connectivity index (χ4v) is 16.6. The van der Waals surface area contributed by atoms with E-state index < -0.39 is 0 Å². The van der Waals surface area contributed by atoms with Crippen LogP contribution in [0.25, 0.3) is 21.2 Å². The molecule has 0 amide bonds. The van der Waals surface area contributed by atoms with Crippen molar-refractivity contribution < 1.29 is 0 Å². The number of hydrogen-bond donors (Lipinski definition) is 0. The number of thiophene rings is 1. The molecular formula is C74H76BN3S. The molecule has 2 aliphatic heterocycles. The summed E-state index contributed by atoms with van der Waals surface area (Å²) >= 11 is 2.07. The molecule has 0 saturated heterocycles. The average molecular weight is 1050 g/mol. The van der Waals surface area contributed by atoms with Crippen LogP contribution in [-0.4, -0.2) is 6.71 Å². The van der Waals surface area contributed by atoms with E-state index in [-0.39, 0.29) is 39.2 Å². The molecule has 3 aliphatic carbocycles. The van der Waals surface area contributed by atoms with Crippen LogP contribution in [0.5, 0.6) is 0 Å². The molecule has 0 N–H and O–H groups in total. The van der Waals surface area contributed by atoms with Gasteiger partial charge in [-0.3, -0.25) is 0 Å². The van der Waals surface area contributed by atoms with Crippen molar-refractivity contribution in [2.75, 3.05) is 14.7 Å². The predicted molar refractivity (Wildman–Crippen MR) is 342 cm³/mol. The van der Waals surface area contributed by atoms with E-state index in [1.54, 1.807) is 11.1 Å². The second-order valence-electron chi connectivity index (χ2n) is 28.3. The van der Waals surface area contributed by atoms with Gasteiger partial charge in [-0.1, -0.05) is 174 Å². The van der Waals surface area contributed by atoms with Crippen LogP contribution in [0, 0.1) is 6.92 Å². The van der Waals surface area contributed by atoms with Crippen LogP contribution in [0.4, 0.5) is 51.2 Å². The van der Waals surface area contributed by atoms with Crippen LogP contribution in [0.2, 0.25) is 0 Å². The first-order valence-corrected chi connectivity index (χ1v) is 30.1. The highest BCUT2D eigenvalue weighted by Crippen LogP contribution is 2.62. The van der Waals surface area contributed by atoms with Crippen LogP contribution in [-0.2, 0) is 32.5 Å². The smallest absolute Gasteiger partial charge is 0.264 e. The van der Waals surface area contributed by atoms with Gasteiger partial charge in [-0.05, 0) is 200 Å². The van der Waals surface area contributed by atoms with Gasteiger partial charge < -0.3 is 14.7 Å². The van der Waals surface area contributed by atoms with E-state index in [4.69, 9.17) is 0 Å². The Morgan fingerprint density at radius 2 is 1.09 bits per heavy atom. The summed E-state index contributed by atoms with van der Waals surface area (Å²) < 4.78 is 2.85. The minimum atomic E-state index is -0.0559. The molecule has 3 nitrogen and oxygen atoms in total. The van der Waals surface area contributed by atoms with Crippen LogP contribution in [0.1, 0.15) is 154 Å². The lowest BCUT2D eigenvalue weighted by Gasteiger charge is -2.47. The van der Waals surface area contributed by atoms with Crippen LogP contribution >= 0.6 is 11.3 Å². The Morgan fingerprint density at radius 1 is 0.506 bits per heavy atom. The van der Waals surface area contributed by atoms with Crippen LogP contribution in [0.15, 0.2) is 164 Å². The Labute approximate surface area is 475 Å². The molecule has 9 aromatic rings. The van der Waals surface area contributed by atoms with E-state index in [9.17, 15) is 0 Å². The summed E-state index contributed by atoms with van der Waals surface area (Å²) in [6, 6.07) is 64.2. The summed E-state index contributed by atoms with van der Waals surface area (Å²) in [6.07, 6.45) is 6.05. The topological polar surface area (TPSA) is 9.72 Å². The molecule has 79 heavy (non-hydrogen) atoms. The van der Waals surface area contributed by atoms with E-state index in [2.05, 4.69) is 280 Å². The van der Waals surface area contributed by atoms with Gasteiger partial charge in [-0.2, -0.15) is 0 Å². The third kappa shape index (κ3) is 7.64. The molecule has 5 heteroatoms. The lowest BCUT2D eigenvalue weighted by Crippen LogP contribution is -2.61. The Kier molecular flexibility index (Phi) is 10.9. The Bertz CT molecular complexity index is 3960. The van der Waals surface area contributed by atoms with Crippen LogP contribution < -0.4 is 30.4 Å². The van der Waals surface area contributed by atoms with E-state index in [1.165, 1.54) is 124 Å². The number of anilines is 9. The maximum Gasteiger partial charge on any atom is 0.264 e. The number of nitrogens with zero attached hydrogens (tertiary/aromatic N) is 3. The predicted octanol–water partition coefficient (Wildman–Crippen LogP) is 19.1. The first-order chi connectivity index (χ1) is 37.5. The monoisotopic (exact) mass is 1050 g/mol. The maximum absolute atomic E-state index is 2.73. The number of aryl methyl sites for hydroxylation is 1. The van der Waals surface area contributed by atoms with E-state index >= 15 is 0 Å². The van der Waals surface area contributed by atoms with Gasteiger partial charge in [0.2, 0.25) is 0 Å². The van der Waals surface area contributed by atoms with Gasteiger partial charge in [0, 0.05) is 54.6 Å². The molecule has 1 aromatic heterocycles. The molecule has 14 rings (SSSR count). The molecule has 5 aliphatic rings. The van der Waals surface area contributed by atoms with Gasteiger partial charge in [0.15, 0.2) is 0 Å². The summed E-state index contributed by atoms with van der Waals surface area (Å²) in [5.41, 5.74) is 26.5. The number of benzene rings is 8. The van der Waals surface area contributed by atoms with Crippen molar-refractivity contribution in [3.8, 4) is 11.1 Å². The van der Waals surface area contributed by atoms with Gasteiger partial charge in [0.1, 0.15) is 0 Å². The number of para-hydroxylation sites is 2. The quantitative estimate of drug-likeness (QED) is 0.154. The first kappa shape index (κ1) is 50.4. The zero-order chi connectivity index (χ0) is 54.9. The normalized spacial score (nSPS) is 20.2. The summed E-state index contributed by atoms with van der Waals surface area (Å²) in [6.45, 7) is 31.4. The van der Waals surface area contributed by atoms with Gasteiger partial charge in [-0.15, -0.1) is 11.3 Å². The van der Waals surface area contributed by atoms with Gasteiger partial charge in [0.25, 0.3) is 6.71 Å². The fraction of sp³-hybridized carbons (Fsp3) is 0.324. The third-order valence-electron chi connectivity index (χ3n) is 19.9. The highest BCUT2D eigenvalue weighted by atomic mass is 32.1. The summed E-state index contributed by atoms with van der Waals surface area (Å²) in [7, 11) is 0. The molecule has 2 bridgehead atoms. The molecule has 2 unspecified atom stereocenters. The van der Waals surface area contributed by atoms with E-state index in [0.717, 1.165) is 24.2 Å². The van der Waals surface area contributed by atoms with E-state index in [0.29, 0.717) is 0 Å². The van der Waals surface area contributed by atoms with Crippen LogP contribution in [0.3, 0.4) is 0 Å². The molecule has 1 fully saturated rings. The molecule has 0 spiro atoms. The molecular weight excluding hydrogens is 974 g/mol. The first-order valence-electron chi connectivity index (χ1n) is 29.3. The summed E-state index contributed by atoms with van der Waals surface area (Å²) in [4.78, 5) is 7.98. The lowest BCUT2D eigenvalue weighted by atomic mass is 9.35. The number of fused-ring (bicyclic) bond motifs is 12. The third-order valence-corrected chi connectivity index (χ3v) is 21.1. The summed E-state index contributed by atoms with van der Waals surface area (Å²) in [5, 5.41) is 1.39. The fourth-order valence-electron chi connectivity index (χ4n) is 15.3. The molecule has 8 aromatic carbocycles. The molecule has 2 atom stereocenters. The van der Waals surface area contributed by atoms with Crippen molar-refractivity contribution in [3.05, 3.63) is 203 Å². The van der Waals surface area contributed by atoms with Crippen molar-refractivity contribution in [2.24, 2.45) is 0 Å². The summed E-state index contributed by atoms with van der Waals surface area (Å²) in [5.74, 6) is 0. The van der Waals surface area contributed by atoms with Gasteiger partial charge >= 0.3 is 0 Å². The molecule has 396 valence electrons. The largest absolute Gasteiger partial charge is 0.311 e. The standard InChI is InChI=1S/C74H76BN3S/c1-46-22-20-21-27-60(46)76(50-25-18-15-19-26-50)52-39-63-66-64(40-52)78(61-33-30-49(70(5,6)7)38-53(61)47-23-16-14-17-24-47)62-43-56-55(71(8,9)34-35-72(56,10)11)42-59(62)75(66)68-67(77(63)51-31-28-48(29-32-51)69(2,3)4)54-41-57-58(44-65(54)79-68)74(13)37-36-73(57,12)45-74/h14-33,38-44H,34-37,45H2,1-13H3. The number of rotatable bonds is 6. The van der Waals surface area contributed by atoms with Gasteiger partial charge in [0.05, 0.1) is 17.1 Å². The SMILES string of the molecule is Cc1ccccc1N(c1ccccc1)c1cc2c3c(c1)N(c1ccc(C(C)(C)C)cc1)c1c(sc4cc5c(cc14)C1(C)CCC5(C)C1)B3c1cc3c(cc1N2c1ccc(C(C)(C)C)cc1-c1ccccc1)C(C)(C)CCC3(C)C. The zero-order valence-corrected chi connectivity index (χ0v) is 49.8.